The van der Waals surface area contributed by atoms with Crippen LogP contribution in [0.1, 0.15) is 12.8 Å². The lowest BCUT2D eigenvalue weighted by atomic mass is 10.3. The van der Waals surface area contributed by atoms with Gasteiger partial charge < -0.3 is 10.1 Å². The highest BCUT2D eigenvalue weighted by Gasteiger charge is 2.04. The van der Waals surface area contributed by atoms with E-state index in [1.54, 1.807) is 0 Å². The monoisotopic (exact) mass is 129 g/mol. The van der Waals surface area contributed by atoms with Crippen molar-refractivity contribution in [3.63, 3.8) is 0 Å². The minimum Gasteiger partial charge on any atom is -0.466 e. The predicted octanol–water partition coefficient (Wildman–Crippen LogP) is -0.0870. The van der Waals surface area contributed by atoms with Crippen LogP contribution in [0.15, 0.2) is 0 Å². The molecule has 1 heterocycles. The zero-order chi connectivity index (χ0) is 6.53. The van der Waals surface area contributed by atoms with Gasteiger partial charge in [0.25, 0.3) is 0 Å². The number of hydrogen-bond acceptors (Lipinski definition) is 3. The lowest BCUT2D eigenvalue weighted by Gasteiger charge is -2.09. The molecule has 0 bridgehead atoms. The van der Waals surface area contributed by atoms with E-state index in [9.17, 15) is 4.79 Å². The van der Waals surface area contributed by atoms with Crippen molar-refractivity contribution in [1.82, 2.24) is 5.32 Å². The van der Waals surface area contributed by atoms with E-state index < -0.39 is 0 Å². The molecule has 3 nitrogen and oxygen atoms in total. The molecular weight excluding hydrogens is 118 g/mol. The first-order valence-electron chi connectivity index (χ1n) is 3.26. The summed E-state index contributed by atoms with van der Waals surface area (Å²) >= 11 is 0. The Bertz CT molecular complexity index is 93.2. The standard InChI is InChI=1S/C6H11NO2/c8-6-2-4-7-3-1-5-9-6/h7H,1-5H2. The average Bonchev–Trinajstić information content (AvgIpc) is 1.79. The fourth-order valence-electron chi connectivity index (χ4n) is 0.771. The minimum absolute atomic E-state index is 0.0813. The first kappa shape index (κ1) is 6.55. The smallest absolute Gasteiger partial charge is 0.307 e. The summed E-state index contributed by atoms with van der Waals surface area (Å²) in [6.07, 6.45) is 1.45. The molecular formula is C6H11NO2. The van der Waals surface area contributed by atoms with Crippen molar-refractivity contribution in [3.8, 4) is 0 Å². The maximum atomic E-state index is 10.6. The molecule has 0 aromatic rings. The van der Waals surface area contributed by atoms with Crippen LogP contribution in [0.5, 0.6) is 0 Å². The van der Waals surface area contributed by atoms with Crippen LogP contribution in [0.4, 0.5) is 0 Å². The van der Waals surface area contributed by atoms with E-state index in [1.165, 1.54) is 0 Å². The first-order valence-corrected chi connectivity index (χ1v) is 3.26. The van der Waals surface area contributed by atoms with Crippen LogP contribution in [0.2, 0.25) is 0 Å². The maximum Gasteiger partial charge on any atom is 0.307 e. The molecule has 0 aromatic carbocycles. The average molecular weight is 129 g/mol. The molecule has 1 aliphatic heterocycles. The topological polar surface area (TPSA) is 38.3 Å². The molecule has 1 aliphatic rings. The summed E-state index contributed by atoms with van der Waals surface area (Å²) in [5.41, 5.74) is 0. The van der Waals surface area contributed by atoms with Crippen molar-refractivity contribution in [2.24, 2.45) is 0 Å². The van der Waals surface area contributed by atoms with Crippen molar-refractivity contribution in [2.75, 3.05) is 19.7 Å². The first-order chi connectivity index (χ1) is 4.39. The van der Waals surface area contributed by atoms with Gasteiger partial charge in [-0.1, -0.05) is 0 Å². The lowest BCUT2D eigenvalue weighted by Crippen LogP contribution is -2.25. The number of cyclic esters (lactones) is 1. The van der Waals surface area contributed by atoms with Crippen molar-refractivity contribution in [3.05, 3.63) is 0 Å². The van der Waals surface area contributed by atoms with Gasteiger partial charge in [-0.15, -0.1) is 0 Å². The number of esters is 1. The van der Waals surface area contributed by atoms with Gasteiger partial charge in [0.1, 0.15) is 0 Å². The summed E-state index contributed by atoms with van der Waals surface area (Å²) in [6, 6.07) is 0. The highest BCUT2D eigenvalue weighted by Crippen LogP contribution is 1.90. The third-order valence-corrected chi connectivity index (χ3v) is 1.27. The van der Waals surface area contributed by atoms with E-state index in [2.05, 4.69) is 5.32 Å². The molecule has 1 N–H and O–H groups in total. The highest BCUT2D eigenvalue weighted by atomic mass is 16.5. The molecule has 0 aromatic heterocycles. The van der Waals surface area contributed by atoms with Gasteiger partial charge in [0.2, 0.25) is 0 Å². The molecule has 1 rings (SSSR count). The van der Waals surface area contributed by atoms with E-state index in [0.717, 1.165) is 19.5 Å². The molecule has 0 spiro atoms. The second-order valence-electron chi connectivity index (χ2n) is 2.07. The third kappa shape index (κ3) is 2.46. The SMILES string of the molecule is O=C1CCNCCCO1. The van der Waals surface area contributed by atoms with Crippen LogP contribution in [0, 0.1) is 0 Å². The normalized spacial score (nSPS) is 22.0. The van der Waals surface area contributed by atoms with Crippen LogP contribution in [0.3, 0.4) is 0 Å². The minimum atomic E-state index is -0.0813. The van der Waals surface area contributed by atoms with Crippen LogP contribution >= 0.6 is 0 Å². The number of ether oxygens (including phenoxy) is 1. The molecule has 0 radical (unpaired) electrons. The van der Waals surface area contributed by atoms with Crippen LogP contribution in [-0.4, -0.2) is 25.7 Å². The van der Waals surface area contributed by atoms with Crippen LogP contribution in [-0.2, 0) is 9.53 Å². The molecule has 0 aliphatic carbocycles. The lowest BCUT2D eigenvalue weighted by molar-refractivity contribution is -0.144. The molecule has 0 amide bonds. The molecule has 0 atom stereocenters. The largest absolute Gasteiger partial charge is 0.466 e. The number of carbonyl (C=O) groups excluding carboxylic acids is 1. The van der Waals surface area contributed by atoms with Crippen LogP contribution in [0.25, 0.3) is 0 Å². The highest BCUT2D eigenvalue weighted by molar-refractivity contribution is 5.69. The van der Waals surface area contributed by atoms with E-state index in [-0.39, 0.29) is 5.97 Å². The van der Waals surface area contributed by atoms with Crippen molar-refractivity contribution in [1.29, 1.82) is 0 Å². The number of hydrogen-bond donors (Lipinski definition) is 1. The van der Waals surface area contributed by atoms with Gasteiger partial charge in [-0.25, -0.2) is 0 Å². The second-order valence-corrected chi connectivity index (χ2v) is 2.07. The Morgan fingerprint density at radius 1 is 1.44 bits per heavy atom. The quantitative estimate of drug-likeness (QED) is 0.465. The second kappa shape index (κ2) is 3.45. The zero-order valence-corrected chi connectivity index (χ0v) is 5.35. The van der Waals surface area contributed by atoms with Gasteiger partial charge in [0.05, 0.1) is 13.0 Å². The summed E-state index contributed by atoms with van der Waals surface area (Å²) in [5, 5.41) is 3.12. The van der Waals surface area contributed by atoms with E-state index >= 15 is 0 Å². The fourth-order valence-corrected chi connectivity index (χ4v) is 0.771. The van der Waals surface area contributed by atoms with Crippen molar-refractivity contribution in [2.45, 2.75) is 12.8 Å². The Kier molecular flexibility index (Phi) is 2.51. The summed E-state index contributed by atoms with van der Waals surface area (Å²) in [5.74, 6) is -0.0813. The maximum absolute atomic E-state index is 10.6. The van der Waals surface area contributed by atoms with Crippen molar-refractivity contribution >= 4 is 5.97 Å². The molecule has 0 saturated carbocycles. The predicted molar refractivity (Wildman–Crippen MR) is 33.1 cm³/mol. The van der Waals surface area contributed by atoms with Gasteiger partial charge in [0, 0.05) is 6.54 Å². The molecule has 52 valence electrons. The zero-order valence-electron chi connectivity index (χ0n) is 5.35. The molecule has 1 saturated heterocycles. The Morgan fingerprint density at radius 2 is 2.33 bits per heavy atom. The van der Waals surface area contributed by atoms with Crippen LogP contribution < -0.4 is 5.32 Å². The molecule has 3 heteroatoms. The fraction of sp³-hybridized carbons (Fsp3) is 0.833. The molecule has 0 unspecified atom stereocenters. The number of nitrogens with one attached hydrogen (secondary N) is 1. The Morgan fingerprint density at radius 3 is 3.22 bits per heavy atom. The summed E-state index contributed by atoms with van der Waals surface area (Å²) in [6.45, 7) is 2.30. The van der Waals surface area contributed by atoms with Gasteiger partial charge >= 0.3 is 5.97 Å². The van der Waals surface area contributed by atoms with Gasteiger partial charge in [0.15, 0.2) is 0 Å². The van der Waals surface area contributed by atoms with Gasteiger partial charge in [-0.05, 0) is 13.0 Å². The van der Waals surface area contributed by atoms with Gasteiger partial charge in [-0.2, -0.15) is 0 Å². The van der Waals surface area contributed by atoms with Gasteiger partial charge in [-0.3, -0.25) is 4.79 Å². The van der Waals surface area contributed by atoms with Crippen molar-refractivity contribution < 1.29 is 9.53 Å². The molecule has 1 fully saturated rings. The third-order valence-electron chi connectivity index (χ3n) is 1.27. The van der Waals surface area contributed by atoms with E-state index in [0.29, 0.717) is 13.0 Å². The molecule has 9 heavy (non-hydrogen) atoms. The number of rotatable bonds is 0. The number of carbonyl (C=O) groups is 1. The summed E-state index contributed by atoms with van der Waals surface area (Å²) < 4.78 is 4.80. The Labute approximate surface area is 54.4 Å². The summed E-state index contributed by atoms with van der Waals surface area (Å²) in [4.78, 5) is 10.6. The Balaban J connectivity index is 2.20. The van der Waals surface area contributed by atoms with E-state index in [4.69, 9.17) is 4.74 Å². The Hall–Kier alpha value is -0.570. The summed E-state index contributed by atoms with van der Waals surface area (Å²) in [7, 11) is 0. The van der Waals surface area contributed by atoms with E-state index in [1.807, 2.05) is 0 Å².